The summed E-state index contributed by atoms with van der Waals surface area (Å²) in [6.07, 6.45) is 3.25. The Hall–Kier alpha value is -1.55. The number of anilines is 1. The molecule has 2 aromatic carbocycles. The topological polar surface area (TPSA) is 73.0 Å². The smallest absolute Gasteiger partial charge is 0.255 e. The number of likely N-dealkylation sites (tertiary alicyclic amines) is 1. The van der Waals surface area contributed by atoms with Gasteiger partial charge in [0.25, 0.3) is 5.91 Å². The van der Waals surface area contributed by atoms with Crippen LogP contribution in [-0.2, 0) is 10.0 Å². The van der Waals surface area contributed by atoms with Gasteiger partial charge in [-0.3, -0.25) is 9.69 Å². The predicted octanol–water partition coefficient (Wildman–Crippen LogP) is 5.54. The summed E-state index contributed by atoms with van der Waals surface area (Å²) >= 11 is 18.8. The number of halogens is 3. The number of hydrogen-bond acceptors (Lipinski definition) is 5. The molecule has 0 bridgehead atoms. The van der Waals surface area contributed by atoms with E-state index in [0.29, 0.717) is 25.6 Å². The van der Waals surface area contributed by atoms with E-state index in [4.69, 9.17) is 34.8 Å². The van der Waals surface area contributed by atoms with E-state index in [1.54, 1.807) is 11.8 Å². The lowest BCUT2D eigenvalue weighted by Crippen LogP contribution is -2.53. The van der Waals surface area contributed by atoms with Crippen LogP contribution < -0.4 is 9.62 Å². The number of piperidine rings is 1. The maximum Gasteiger partial charge on any atom is 0.255 e. The van der Waals surface area contributed by atoms with Crippen molar-refractivity contribution in [1.82, 2.24) is 14.5 Å². The van der Waals surface area contributed by atoms with Crippen molar-refractivity contribution in [2.45, 2.75) is 56.5 Å². The second kappa shape index (κ2) is 12.7. The van der Waals surface area contributed by atoms with Gasteiger partial charge in [-0.2, -0.15) is 0 Å². The van der Waals surface area contributed by atoms with Crippen LogP contribution in [0.15, 0.2) is 41.3 Å². The molecule has 0 radical (unpaired) electrons. The third-order valence-corrected chi connectivity index (χ3v) is 9.98. The summed E-state index contributed by atoms with van der Waals surface area (Å²) in [5.41, 5.74) is 1.31. The highest BCUT2D eigenvalue weighted by Gasteiger charge is 2.31. The molecule has 4 rings (SSSR count). The number of hydrogen-bond donors (Lipinski definition) is 1. The molecule has 7 nitrogen and oxygen atoms in total. The van der Waals surface area contributed by atoms with Crippen molar-refractivity contribution in [3.63, 3.8) is 0 Å². The Bertz CT molecular complexity index is 1240. The molecule has 11 heteroatoms. The van der Waals surface area contributed by atoms with Gasteiger partial charge >= 0.3 is 0 Å². The Balaban J connectivity index is 1.37. The van der Waals surface area contributed by atoms with Crippen LogP contribution in [0, 0.1) is 0 Å². The number of carbonyl (C=O) groups excluding carboxylic acids is 1. The Kier molecular flexibility index (Phi) is 9.87. The minimum atomic E-state index is -3.90. The van der Waals surface area contributed by atoms with Crippen molar-refractivity contribution in [2.24, 2.45) is 0 Å². The van der Waals surface area contributed by atoms with E-state index in [1.807, 2.05) is 25.1 Å². The Labute approximate surface area is 241 Å². The molecule has 1 N–H and O–H groups in total. The fraction of sp³-hybridized carbons (Fsp3) is 0.519. The van der Waals surface area contributed by atoms with Gasteiger partial charge in [-0.1, -0.05) is 54.2 Å². The number of piperazine rings is 1. The minimum absolute atomic E-state index is 0.00151. The van der Waals surface area contributed by atoms with Crippen LogP contribution in [0.2, 0.25) is 15.1 Å². The van der Waals surface area contributed by atoms with Crippen LogP contribution in [0.5, 0.6) is 0 Å². The third-order valence-electron chi connectivity index (χ3n) is 7.38. The largest absolute Gasteiger partial charge is 0.369 e. The molecule has 1 atom stereocenters. The van der Waals surface area contributed by atoms with E-state index in [2.05, 4.69) is 20.6 Å². The normalized spacial score (nSPS) is 18.6. The molecule has 2 heterocycles. The lowest BCUT2D eigenvalue weighted by atomic mass is 10.0. The van der Waals surface area contributed by atoms with Crippen LogP contribution in [0.25, 0.3) is 0 Å². The molecular formula is C27H35Cl3N4O3S. The molecule has 0 aromatic heterocycles. The highest BCUT2D eigenvalue weighted by molar-refractivity contribution is 7.89. The molecule has 2 aliphatic heterocycles. The van der Waals surface area contributed by atoms with Gasteiger partial charge in [-0.15, -0.1) is 0 Å². The van der Waals surface area contributed by atoms with Crippen LogP contribution in [0.1, 0.15) is 49.9 Å². The molecule has 2 fully saturated rings. The summed E-state index contributed by atoms with van der Waals surface area (Å²) in [6, 6.07) is 10.8. The molecular weight excluding hydrogens is 567 g/mol. The fourth-order valence-electron chi connectivity index (χ4n) is 5.34. The van der Waals surface area contributed by atoms with Crippen molar-refractivity contribution in [3.05, 3.63) is 57.0 Å². The van der Waals surface area contributed by atoms with Crippen molar-refractivity contribution < 1.29 is 13.2 Å². The van der Waals surface area contributed by atoms with Crippen molar-refractivity contribution in [1.29, 1.82) is 0 Å². The molecule has 0 aliphatic carbocycles. The maximum atomic E-state index is 13.4. The number of amides is 1. The van der Waals surface area contributed by atoms with Crippen LogP contribution in [-0.4, -0.2) is 75.5 Å². The second-order valence-corrected chi connectivity index (χ2v) is 13.0. The van der Waals surface area contributed by atoms with Gasteiger partial charge in [-0.25, -0.2) is 13.1 Å². The van der Waals surface area contributed by atoms with Crippen molar-refractivity contribution >= 4 is 56.4 Å². The van der Waals surface area contributed by atoms with Gasteiger partial charge in [0.1, 0.15) is 4.90 Å². The van der Waals surface area contributed by atoms with Crippen molar-refractivity contribution in [2.75, 3.05) is 44.2 Å². The summed E-state index contributed by atoms with van der Waals surface area (Å²) < 4.78 is 28.6. The lowest BCUT2D eigenvalue weighted by Gasteiger charge is -2.43. The van der Waals surface area contributed by atoms with E-state index >= 15 is 0 Å². The quantitative estimate of drug-likeness (QED) is 0.430. The Morgan fingerprint density at radius 1 is 1.00 bits per heavy atom. The van der Waals surface area contributed by atoms with Gasteiger partial charge in [-0.05, 0) is 56.5 Å². The summed E-state index contributed by atoms with van der Waals surface area (Å²) in [5.74, 6) is -0.269. The number of carbonyl (C=O) groups is 1. The summed E-state index contributed by atoms with van der Waals surface area (Å²) in [6.45, 7) is 8.75. The highest BCUT2D eigenvalue weighted by atomic mass is 35.5. The Morgan fingerprint density at radius 3 is 2.32 bits per heavy atom. The zero-order chi connectivity index (χ0) is 27.4. The van der Waals surface area contributed by atoms with Gasteiger partial charge in [0.15, 0.2) is 0 Å². The zero-order valence-corrected chi connectivity index (χ0v) is 24.9. The van der Waals surface area contributed by atoms with Crippen LogP contribution in [0.3, 0.4) is 0 Å². The molecule has 208 valence electrons. The molecule has 2 aromatic rings. The number of rotatable bonds is 8. The first-order valence-electron chi connectivity index (χ1n) is 13.1. The molecule has 1 amide bonds. The minimum Gasteiger partial charge on any atom is -0.369 e. The van der Waals surface area contributed by atoms with Gasteiger partial charge in [0.05, 0.1) is 15.6 Å². The number of nitrogens with zero attached hydrogens (tertiary/aromatic N) is 3. The molecule has 0 saturated carbocycles. The van der Waals surface area contributed by atoms with E-state index in [-0.39, 0.29) is 32.5 Å². The first kappa shape index (κ1) is 29.4. The average Bonchev–Trinajstić information content (AvgIpc) is 2.88. The first-order valence-corrected chi connectivity index (χ1v) is 15.8. The fourth-order valence-corrected chi connectivity index (χ4v) is 7.66. The lowest BCUT2D eigenvalue weighted by molar-refractivity contribution is 0.0611. The van der Waals surface area contributed by atoms with Gasteiger partial charge in [0, 0.05) is 62.1 Å². The molecule has 2 aliphatic rings. The van der Waals surface area contributed by atoms with E-state index in [0.717, 1.165) is 56.2 Å². The van der Waals surface area contributed by atoms with Crippen LogP contribution >= 0.6 is 34.8 Å². The number of nitrogens with one attached hydrogen (secondary N) is 1. The second-order valence-electron chi connectivity index (χ2n) is 10.1. The highest BCUT2D eigenvalue weighted by Crippen LogP contribution is 2.31. The molecule has 0 spiro atoms. The number of benzene rings is 2. The van der Waals surface area contributed by atoms with E-state index < -0.39 is 10.0 Å². The van der Waals surface area contributed by atoms with Crippen molar-refractivity contribution in [3.8, 4) is 0 Å². The molecule has 38 heavy (non-hydrogen) atoms. The maximum absolute atomic E-state index is 13.4. The standard InChI is InChI=1S/C27H35Cl3N4O3S/c1-3-5-19(2)31-38(36,37)26-17-23(24(29)18-25(26)30)27(35)34-10-8-21(9-11-34)32-12-14-33(15-13-32)22-7-4-6-20(28)16-22/h4,6-7,16-19,21,31H,3,5,8-15H2,1-2H3. The SMILES string of the molecule is CCCC(C)NS(=O)(=O)c1cc(C(=O)N2CCC(N3CCN(c4cccc(Cl)c4)CC3)CC2)c(Cl)cc1Cl. The number of sulfonamides is 1. The predicted molar refractivity (Wildman–Crippen MR) is 155 cm³/mol. The summed E-state index contributed by atoms with van der Waals surface area (Å²) in [7, 11) is -3.90. The molecule has 1 unspecified atom stereocenters. The van der Waals surface area contributed by atoms with E-state index in [1.165, 1.54) is 12.1 Å². The van der Waals surface area contributed by atoms with Crippen LogP contribution in [0.4, 0.5) is 5.69 Å². The summed E-state index contributed by atoms with van der Waals surface area (Å²) in [5, 5.41) is 0.896. The summed E-state index contributed by atoms with van der Waals surface area (Å²) in [4.78, 5) is 19.9. The third kappa shape index (κ3) is 6.95. The van der Waals surface area contributed by atoms with E-state index in [9.17, 15) is 13.2 Å². The van der Waals surface area contributed by atoms with Gasteiger partial charge in [0.2, 0.25) is 10.0 Å². The molecule has 2 saturated heterocycles. The zero-order valence-electron chi connectivity index (χ0n) is 21.8. The van der Waals surface area contributed by atoms with Gasteiger partial charge < -0.3 is 9.80 Å². The Morgan fingerprint density at radius 2 is 1.68 bits per heavy atom. The monoisotopic (exact) mass is 600 g/mol. The first-order chi connectivity index (χ1) is 18.1. The average molecular weight is 602 g/mol.